The number of rotatable bonds is 0. The monoisotopic (exact) mass is 131 g/mol. The van der Waals surface area contributed by atoms with E-state index >= 15 is 0 Å². The van der Waals surface area contributed by atoms with Gasteiger partial charge in [0.05, 0.1) is 4.99 Å². The van der Waals surface area contributed by atoms with E-state index in [4.69, 9.17) is 12.2 Å². The molecule has 0 aromatic heterocycles. The van der Waals surface area contributed by atoms with E-state index in [1.165, 1.54) is 0 Å². The van der Waals surface area contributed by atoms with Gasteiger partial charge in [-0.25, -0.2) is 0 Å². The molecule has 0 spiro atoms. The van der Waals surface area contributed by atoms with Crippen molar-refractivity contribution < 1.29 is 0 Å². The van der Waals surface area contributed by atoms with E-state index in [0.717, 1.165) is 10.7 Å². The van der Waals surface area contributed by atoms with Gasteiger partial charge in [-0.3, -0.25) is 0 Å². The summed E-state index contributed by atoms with van der Waals surface area (Å²) in [4.78, 5) is 0.924. The normalized spacial score (nSPS) is 19.1. The minimum absolute atomic E-state index is 0.924. The molecule has 0 saturated heterocycles. The van der Waals surface area contributed by atoms with Gasteiger partial charge in [-0.1, -0.05) is 12.2 Å². The van der Waals surface area contributed by atoms with Crippen LogP contribution in [0.3, 0.4) is 0 Å². The molecule has 7 heavy (non-hydrogen) atoms. The lowest BCUT2D eigenvalue weighted by molar-refractivity contribution is 1.30. The van der Waals surface area contributed by atoms with Crippen molar-refractivity contribution in [3.63, 3.8) is 0 Å². The number of thiocarbonyl (C=S) groups is 1. The van der Waals surface area contributed by atoms with Crippen molar-refractivity contribution in [2.24, 2.45) is 0 Å². The second kappa shape index (κ2) is 2.33. The van der Waals surface area contributed by atoms with Gasteiger partial charge in [0, 0.05) is 12.0 Å². The van der Waals surface area contributed by atoms with Crippen LogP contribution in [0.4, 0.5) is 0 Å². The molecule has 38 valence electrons. The van der Waals surface area contributed by atoms with Crippen LogP contribution in [0.25, 0.3) is 0 Å². The zero-order valence-electron chi connectivity index (χ0n) is 3.68. The smallest absolute Gasteiger partial charge is 0.0896 e. The van der Waals surface area contributed by atoms with E-state index in [1.54, 1.807) is 11.8 Å². The van der Waals surface area contributed by atoms with Crippen LogP contribution in [-0.4, -0.2) is 10.7 Å². The lowest BCUT2D eigenvalue weighted by Crippen LogP contribution is -2.18. The van der Waals surface area contributed by atoms with Crippen LogP contribution in [0.1, 0.15) is 0 Å². The molecule has 0 unspecified atom stereocenters. The van der Waals surface area contributed by atoms with Gasteiger partial charge in [0.2, 0.25) is 0 Å². The topological polar surface area (TPSA) is 12.0 Å². The summed E-state index contributed by atoms with van der Waals surface area (Å²) < 4.78 is 0. The van der Waals surface area contributed by atoms with Crippen LogP contribution >= 0.6 is 24.0 Å². The summed E-state index contributed by atoms with van der Waals surface area (Å²) in [6.07, 6.45) is 1.86. The number of nitrogens with one attached hydrogen (secondary N) is 1. The molecule has 1 heterocycles. The van der Waals surface area contributed by atoms with E-state index in [-0.39, 0.29) is 0 Å². The molecule has 1 N–H and O–H groups in total. The molecule has 0 fully saturated rings. The van der Waals surface area contributed by atoms with Crippen molar-refractivity contribution in [2.45, 2.75) is 0 Å². The molecule has 0 amide bonds. The van der Waals surface area contributed by atoms with Crippen LogP contribution in [0, 0.1) is 0 Å². The highest BCUT2D eigenvalue weighted by atomic mass is 32.2. The zero-order chi connectivity index (χ0) is 5.11. The third-order valence-electron chi connectivity index (χ3n) is 0.623. The van der Waals surface area contributed by atoms with Crippen LogP contribution in [0.5, 0.6) is 0 Å². The van der Waals surface area contributed by atoms with Crippen LogP contribution < -0.4 is 5.32 Å². The predicted molar refractivity (Wildman–Crippen MR) is 37.3 cm³/mol. The van der Waals surface area contributed by atoms with E-state index < -0.39 is 0 Å². The lowest BCUT2D eigenvalue weighted by Gasteiger charge is -2.04. The molecule has 0 bridgehead atoms. The first-order valence-corrected chi connectivity index (χ1v) is 3.41. The van der Waals surface area contributed by atoms with Gasteiger partial charge in [-0.05, 0) is 5.41 Å². The van der Waals surface area contributed by atoms with Crippen LogP contribution in [0.15, 0.2) is 11.6 Å². The summed E-state index contributed by atoms with van der Waals surface area (Å²) in [5, 5.41) is 4.91. The summed E-state index contributed by atoms with van der Waals surface area (Å²) >= 11 is 6.54. The zero-order valence-corrected chi connectivity index (χ0v) is 5.31. The summed E-state index contributed by atoms with van der Waals surface area (Å²) in [6.45, 7) is 0. The summed E-state index contributed by atoms with van der Waals surface area (Å²) in [5.41, 5.74) is 0. The Morgan fingerprint density at radius 2 is 2.71 bits per heavy atom. The Morgan fingerprint density at radius 3 is 3.00 bits per heavy atom. The molecular weight excluding hydrogens is 126 g/mol. The Balaban J connectivity index is 2.47. The fourth-order valence-corrected chi connectivity index (χ4v) is 1.11. The molecule has 1 rings (SSSR count). The predicted octanol–water partition coefficient (Wildman–Crippen LogP) is 1.12. The van der Waals surface area contributed by atoms with Gasteiger partial charge in [-0.2, -0.15) is 0 Å². The first kappa shape index (κ1) is 5.12. The van der Waals surface area contributed by atoms with Crippen molar-refractivity contribution in [3.8, 4) is 0 Å². The molecule has 0 atom stereocenters. The largest absolute Gasteiger partial charge is 0.355 e. The second-order valence-corrected chi connectivity index (χ2v) is 2.57. The second-order valence-electron chi connectivity index (χ2n) is 1.18. The molecule has 0 aromatic carbocycles. The minimum Gasteiger partial charge on any atom is -0.355 e. The van der Waals surface area contributed by atoms with Gasteiger partial charge < -0.3 is 5.32 Å². The molecule has 0 aliphatic carbocycles. The first-order chi connectivity index (χ1) is 3.39. The average molecular weight is 131 g/mol. The number of hydrogen-bond donors (Lipinski definition) is 1. The SMILES string of the molecule is S=C1CSC=CN1. The van der Waals surface area contributed by atoms with E-state index in [2.05, 4.69) is 5.32 Å². The third kappa shape index (κ3) is 1.49. The lowest BCUT2D eigenvalue weighted by atomic mass is 10.7. The highest BCUT2D eigenvalue weighted by molar-refractivity contribution is 8.03. The summed E-state index contributed by atoms with van der Waals surface area (Å²) in [6, 6.07) is 0. The quantitative estimate of drug-likeness (QED) is 0.495. The Labute approximate surface area is 52.2 Å². The van der Waals surface area contributed by atoms with E-state index in [1.807, 2.05) is 11.6 Å². The van der Waals surface area contributed by atoms with Crippen molar-refractivity contribution >= 4 is 29.0 Å². The fraction of sp³-hybridized carbons (Fsp3) is 0.250. The molecule has 1 aliphatic rings. The summed E-state index contributed by atoms with van der Waals surface area (Å²) in [5.74, 6) is 0.936. The Morgan fingerprint density at radius 1 is 1.86 bits per heavy atom. The van der Waals surface area contributed by atoms with Gasteiger partial charge in [-0.15, -0.1) is 11.8 Å². The molecule has 3 heteroatoms. The molecule has 1 nitrogen and oxygen atoms in total. The van der Waals surface area contributed by atoms with Gasteiger partial charge in [0.15, 0.2) is 0 Å². The van der Waals surface area contributed by atoms with Crippen molar-refractivity contribution in [2.75, 3.05) is 5.75 Å². The van der Waals surface area contributed by atoms with E-state index in [9.17, 15) is 0 Å². The van der Waals surface area contributed by atoms with Crippen molar-refractivity contribution in [1.82, 2.24) is 5.32 Å². The third-order valence-corrected chi connectivity index (χ3v) is 1.85. The van der Waals surface area contributed by atoms with Crippen LogP contribution in [0.2, 0.25) is 0 Å². The number of thioether (sulfide) groups is 1. The fourth-order valence-electron chi connectivity index (χ4n) is 0.341. The highest BCUT2D eigenvalue weighted by Crippen LogP contribution is 2.04. The van der Waals surface area contributed by atoms with Gasteiger partial charge in [0.25, 0.3) is 0 Å². The maximum Gasteiger partial charge on any atom is 0.0896 e. The standard InChI is InChI=1S/C4H5NS2/c6-4-3-7-2-1-5-4/h1-2H,3H2,(H,5,6). The Kier molecular flexibility index (Phi) is 1.70. The average Bonchev–Trinajstić information content (AvgIpc) is 1.69. The maximum atomic E-state index is 4.82. The molecule has 0 saturated carbocycles. The minimum atomic E-state index is 0.924. The van der Waals surface area contributed by atoms with Gasteiger partial charge in [0.1, 0.15) is 0 Å². The number of hydrogen-bond acceptors (Lipinski definition) is 2. The first-order valence-electron chi connectivity index (χ1n) is 1.95. The summed E-state index contributed by atoms with van der Waals surface area (Å²) in [7, 11) is 0. The molecule has 0 radical (unpaired) electrons. The Bertz CT molecular complexity index is 108. The molecule has 1 aliphatic heterocycles. The van der Waals surface area contributed by atoms with Crippen molar-refractivity contribution in [3.05, 3.63) is 11.6 Å². The molecule has 0 aromatic rings. The maximum absolute atomic E-state index is 4.82. The van der Waals surface area contributed by atoms with E-state index in [0.29, 0.717) is 0 Å². The van der Waals surface area contributed by atoms with Gasteiger partial charge >= 0.3 is 0 Å². The molecular formula is C4H5NS2. The van der Waals surface area contributed by atoms with Crippen LogP contribution in [-0.2, 0) is 0 Å². The highest BCUT2D eigenvalue weighted by Gasteiger charge is 1.94. The Hall–Kier alpha value is -0.0200. The van der Waals surface area contributed by atoms with Crippen molar-refractivity contribution in [1.29, 1.82) is 0 Å².